The summed E-state index contributed by atoms with van der Waals surface area (Å²) in [4.78, 5) is -0.121. The molecular formula is C12H12Cl2N2O3S2. The number of thiocarbonyl (C=S) groups is 1. The van der Waals surface area contributed by atoms with E-state index in [2.05, 4.69) is 16.6 Å². The molecule has 0 saturated carbocycles. The van der Waals surface area contributed by atoms with E-state index in [9.17, 15) is 8.42 Å². The Morgan fingerprint density at radius 1 is 1.43 bits per heavy atom. The van der Waals surface area contributed by atoms with Crippen LogP contribution >= 0.6 is 35.4 Å². The minimum atomic E-state index is -3.92. The zero-order valence-electron chi connectivity index (χ0n) is 10.7. The molecule has 0 unspecified atom stereocenters. The molecule has 0 amide bonds. The van der Waals surface area contributed by atoms with E-state index in [1.54, 1.807) is 18.2 Å². The van der Waals surface area contributed by atoms with Gasteiger partial charge in [-0.25, -0.2) is 8.42 Å². The van der Waals surface area contributed by atoms with Crippen molar-refractivity contribution in [2.45, 2.75) is 4.90 Å². The number of halogens is 2. The van der Waals surface area contributed by atoms with Gasteiger partial charge in [0.15, 0.2) is 5.11 Å². The van der Waals surface area contributed by atoms with Gasteiger partial charge >= 0.3 is 0 Å². The molecule has 114 valence electrons. The molecule has 0 saturated heterocycles. The van der Waals surface area contributed by atoms with E-state index >= 15 is 0 Å². The van der Waals surface area contributed by atoms with Gasteiger partial charge in [0, 0.05) is 6.54 Å². The van der Waals surface area contributed by atoms with E-state index in [0.29, 0.717) is 6.54 Å². The standard InChI is InChI=1S/C12H12Cl2N2O3S2/c1-2-7-15-12(20)16-21(17,18)10-6-4-3-5-9(10)19-11(14)8-13/h2-6,8H,1,7H2,(H2,15,16,20)/b11-8+. The van der Waals surface area contributed by atoms with Crippen LogP contribution in [-0.4, -0.2) is 20.1 Å². The summed E-state index contributed by atoms with van der Waals surface area (Å²) in [5.41, 5.74) is 0.981. The first-order valence-electron chi connectivity index (χ1n) is 5.55. The number of hydrogen-bond acceptors (Lipinski definition) is 4. The van der Waals surface area contributed by atoms with Gasteiger partial charge in [0.05, 0.1) is 5.54 Å². The van der Waals surface area contributed by atoms with Crippen molar-refractivity contribution in [2.75, 3.05) is 6.54 Å². The van der Waals surface area contributed by atoms with Gasteiger partial charge in [-0.1, -0.05) is 29.8 Å². The van der Waals surface area contributed by atoms with Crippen molar-refractivity contribution >= 4 is 50.6 Å². The third-order valence-corrected chi connectivity index (χ3v) is 4.33. The van der Waals surface area contributed by atoms with Crippen LogP contribution in [0, 0.1) is 0 Å². The number of sulfonamides is 1. The minimum absolute atomic E-state index is 0.0263. The van der Waals surface area contributed by atoms with Crippen LogP contribution in [0.5, 0.6) is 5.75 Å². The number of para-hydroxylation sites is 1. The minimum Gasteiger partial charge on any atom is -0.443 e. The molecule has 1 rings (SSSR count). The first kappa shape index (κ1) is 17.8. The van der Waals surface area contributed by atoms with Gasteiger partial charge < -0.3 is 10.1 Å². The molecule has 0 aliphatic heterocycles. The maximum absolute atomic E-state index is 12.3. The Morgan fingerprint density at radius 3 is 2.71 bits per heavy atom. The molecule has 0 aliphatic carbocycles. The first-order chi connectivity index (χ1) is 9.90. The second kappa shape index (κ2) is 8.23. The van der Waals surface area contributed by atoms with Gasteiger partial charge in [-0.3, -0.25) is 4.72 Å². The average molecular weight is 367 g/mol. The summed E-state index contributed by atoms with van der Waals surface area (Å²) in [5, 5.41) is 2.44. The number of rotatable bonds is 6. The van der Waals surface area contributed by atoms with Gasteiger partial charge in [0.2, 0.25) is 5.22 Å². The van der Waals surface area contributed by atoms with Crippen LogP contribution in [-0.2, 0) is 10.0 Å². The van der Waals surface area contributed by atoms with Crippen LogP contribution in [0.3, 0.4) is 0 Å². The fraction of sp³-hybridized carbons (Fsp3) is 0.0833. The summed E-state index contributed by atoms with van der Waals surface area (Å²) < 4.78 is 31.9. The van der Waals surface area contributed by atoms with E-state index in [0.717, 1.165) is 5.54 Å². The van der Waals surface area contributed by atoms with Crippen LogP contribution in [0.1, 0.15) is 0 Å². The zero-order valence-corrected chi connectivity index (χ0v) is 13.8. The number of benzene rings is 1. The fourth-order valence-electron chi connectivity index (χ4n) is 1.26. The molecule has 9 heteroatoms. The lowest BCUT2D eigenvalue weighted by Gasteiger charge is -2.13. The van der Waals surface area contributed by atoms with Crippen LogP contribution in [0.25, 0.3) is 0 Å². The quantitative estimate of drug-likeness (QED) is 0.460. The number of hydrogen-bond donors (Lipinski definition) is 2. The molecule has 0 fully saturated rings. The number of nitrogens with one attached hydrogen (secondary N) is 2. The van der Waals surface area contributed by atoms with Gasteiger partial charge in [0.25, 0.3) is 10.0 Å². The van der Waals surface area contributed by atoms with Crippen molar-refractivity contribution in [1.29, 1.82) is 0 Å². The normalized spacial score (nSPS) is 11.6. The average Bonchev–Trinajstić information content (AvgIpc) is 2.45. The van der Waals surface area contributed by atoms with Crippen molar-refractivity contribution in [3.05, 3.63) is 47.7 Å². The first-order valence-corrected chi connectivity index (χ1v) is 8.25. The van der Waals surface area contributed by atoms with Crippen LogP contribution in [0.15, 0.2) is 52.6 Å². The monoisotopic (exact) mass is 366 g/mol. The van der Waals surface area contributed by atoms with Crippen molar-refractivity contribution in [2.24, 2.45) is 0 Å². The Labute approximate surface area is 138 Å². The smallest absolute Gasteiger partial charge is 0.267 e. The predicted molar refractivity (Wildman–Crippen MR) is 88.0 cm³/mol. The lowest BCUT2D eigenvalue weighted by atomic mass is 10.3. The lowest BCUT2D eigenvalue weighted by Crippen LogP contribution is -2.39. The Kier molecular flexibility index (Phi) is 6.97. The van der Waals surface area contributed by atoms with E-state index in [1.165, 1.54) is 12.1 Å². The molecular weight excluding hydrogens is 355 g/mol. The topological polar surface area (TPSA) is 67.4 Å². The lowest BCUT2D eigenvalue weighted by molar-refractivity contribution is 0.449. The summed E-state index contributed by atoms with van der Waals surface area (Å²) in [6.07, 6.45) is 1.54. The molecule has 0 heterocycles. The second-order valence-electron chi connectivity index (χ2n) is 3.57. The molecule has 1 aromatic rings. The third-order valence-electron chi connectivity index (χ3n) is 2.07. The van der Waals surface area contributed by atoms with Crippen molar-refractivity contribution in [3.63, 3.8) is 0 Å². The van der Waals surface area contributed by atoms with E-state index in [-0.39, 0.29) is 21.0 Å². The van der Waals surface area contributed by atoms with Gasteiger partial charge in [0.1, 0.15) is 10.6 Å². The summed E-state index contributed by atoms with van der Waals surface area (Å²) in [5.74, 6) is 0.0263. The highest BCUT2D eigenvalue weighted by Gasteiger charge is 2.21. The summed E-state index contributed by atoms with van der Waals surface area (Å²) in [7, 11) is -3.92. The van der Waals surface area contributed by atoms with Crippen LogP contribution < -0.4 is 14.8 Å². The van der Waals surface area contributed by atoms with Crippen molar-refractivity contribution < 1.29 is 13.2 Å². The van der Waals surface area contributed by atoms with Crippen molar-refractivity contribution in [1.82, 2.24) is 10.0 Å². The van der Waals surface area contributed by atoms with E-state index in [1.807, 2.05) is 0 Å². The Hall–Kier alpha value is -1.28. The van der Waals surface area contributed by atoms with Gasteiger partial charge in [-0.15, -0.1) is 6.58 Å². The maximum Gasteiger partial charge on any atom is 0.267 e. The zero-order chi connectivity index (χ0) is 15.9. The Bertz CT molecular complexity index is 660. The van der Waals surface area contributed by atoms with E-state index < -0.39 is 10.0 Å². The molecule has 5 nitrogen and oxygen atoms in total. The molecule has 0 bridgehead atoms. The molecule has 0 aliphatic rings. The van der Waals surface area contributed by atoms with Crippen LogP contribution in [0.4, 0.5) is 0 Å². The Balaban J connectivity index is 3.03. The Morgan fingerprint density at radius 2 is 2.10 bits per heavy atom. The largest absolute Gasteiger partial charge is 0.443 e. The SMILES string of the molecule is C=CCNC(=S)NS(=O)(=O)c1ccccc1O/C(Cl)=C/Cl. The summed E-state index contributed by atoms with van der Waals surface area (Å²) in [6, 6.07) is 5.94. The molecule has 0 spiro atoms. The highest BCUT2D eigenvalue weighted by molar-refractivity contribution is 7.92. The van der Waals surface area contributed by atoms with Crippen molar-refractivity contribution in [3.8, 4) is 5.75 Å². The highest BCUT2D eigenvalue weighted by atomic mass is 35.5. The van der Waals surface area contributed by atoms with Gasteiger partial charge in [-0.05, 0) is 36.0 Å². The highest BCUT2D eigenvalue weighted by Crippen LogP contribution is 2.26. The molecule has 0 radical (unpaired) electrons. The molecule has 2 N–H and O–H groups in total. The molecule has 1 aromatic carbocycles. The predicted octanol–water partition coefficient (Wildman–Crippen LogP) is 2.68. The number of ether oxygens (including phenoxy) is 1. The second-order valence-corrected chi connectivity index (χ2v) is 6.22. The third kappa shape index (κ3) is 5.55. The molecule has 0 aromatic heterocycles. The summed E-state index contributed by atoms with van der Waals surface area (Å²) >= 11 is 15.9. The van der Waals surface area contributed by atoms with Gasteiger partial charge in [-0.2, -0.15) is 0 Å². The maximum atomic E-state index is 12.3. The molecule has 0 atom stereocenters. The molecule has 21 heavy (non-hydrogen) atoms. The summed E-state index contributed by atoms with van der Waals surface area (Å²) in [6.45, 7) is 3.82. The van der Waals surface area contributed by atoms with E-state index in [4.69, 9.17) is 40.2 Å². The fourth-order valence-corrected chi connectivity index (χ4v) is 2.86. The van der Waals surface area contributed by atoms with Crippen LogP contribution in [0.2, 0.25) is 0 Å².